The molecular weight excluding hydrogens is 235 g/mol. The molecule has 1 aromatic heterocycles. The predicted molar refractivity (Wildman–Crippen MR) is 44.0 cm³/mol. The van der Waals surface area contributed by atoms with E-state index in [1.165, 1.54) is 0 Å². The third-order valence-corrected chi connectivity index (χ3v) is 1.79. The Morgan fingerprint density at radius 2 is 1.94 bits per heavy atom. The first-order chi connectivity index (χ1) is 7.29. The summed E-state index contributed by atoms with van der Waals surface area (Å²) in [5.74, 6) is 0. The maximum Gasteiger partial charge on any atom is 0.419 e. The lowest BCUT2D eigenvalue weighted by Crippen LogP contribution is -2.16. The highest BCUT2D eigenvalue weighted by Gasteiger charge is 2.40. The molecule has 3 nitrogen and oxygen atoms in total. The zero-order valence-corrected chi connectivity index (χ0v) is 7.55. The molecule has 1 heterocycles. The highest BCUT2D eigenvalue weighted by Crippen LogP contribution is 2.39. The Hall–Kier alpha value is -1.73. The summed E-state index contributed by atoms with van der Waals surface area (Å²) in [6.07, 6.45) is -8.18. The number of nitrogens with two attached hydrogens (primary N) is 1. The number of nitrogen functional groups attached to an aromatic ring is 1. The minimum absolute atomic E-state index is 0.242. The minimum Gasteiger partial charge on any atom is -0.397 e. The number of anilines is 1. The van der Waals surface area contributed by atoms with Crippen molar-refractivity contribution in [2.24, 2.45) is 0 Å². The summed E-state index contributed by atoms with van der Waals surface area (Å²) in [6.45, 7) is 0. The van der Waals surface area contributed by atoms with Crippen molar-refractivity contribution in [3.63, 3.8) is 0 Å². The molecule has 1 rings (SSSR count). The second-order valence-corrected chi connectivity index (χ2v) is 2.80. The van der Waals surface area contributed by atoms with Crippen LogP contribution in [0.1, 0.15) is 28.0 Å². The lowest BCUT2D eigenvalue weighted by Gasteiger charge is -2.15. The zero-order chi connectivity index (χ0) is 12.5. The Kier molecular flexibility index (Phi) is 3.11. The van der Waals surface area contributed by atoms with Crippen LogP contribution in [0.4, 0.5) is 27.6 Å². The Bertz CT molecular complexity index is 416. The smallest absolute Gasteiger partial charge is 0.397 e. The average Bonchev–Trinajstić information content (AvgIpc) is 2.15. The number of halogens is 5. The van der Waals surface area contributed by atoms with Gasteiger partial charge in [0, 0.05) is 0 Å². The largest absolute Gasteiger partial charge is 0.419 e. The van der Waals surface area contributed by atoms with Crippen LogP contribution in [0.3, 0.4) is 0 Å². The van der Waals surface area contributed by atoms with Crippen molar-refractivity contribution in [2.75, 3.05) is 5.73 Å². The van der Waals surface area contributed by atoms with Crippen molar-refractivity contribution in [2.45, 2.75) is 12.6 Å². The topological polar surface area (TPSA) is 56.0 Å². The third-order valence-electron chi connectivity index (χ3n) is 1.79. The molecule has 1 aromatic rings. The van der Waals surface area contributed by atoms with Gasteiger partial charge in [0.25, 0.3) is 6.43 Å². The van der Waals surface area contributed by atoms with E-state index in [9.17, 15) is 26.7 Å². The van der Waals surface area contributed by atoms with Crippen molar-refractivity contribution in [3.8, 4) is 0 Å². The van der Waals surface area contributed by atoms with Gasteiger partial charge in [-0.2, -0.15) is 13.2 Å². The standard InChI is InChI=1S/C8H5F5N2O/c9-7(10)5-3(14)1-15-4(2-16)6(5)8(11,12)13/h1-2,7H,14H2. The van der Waals surface area contributed by atoms with Crippen LogP contribution in [0.25, 0.3) is 0 Å². The lowest BCUT2D eigenvalue weighted by atomic mass is 10.1. The molecule has 0 aliphatic heterocycles. The summed E-state index contributed by atoms with van der Waals surface area (Å²) < 4.78 is 62.2. The molecule has 0 aliphatic carbocycles. The summed E-state index contributed by atoms with van der Waals surface area (Å²) in [5.41, 5.74) is -0.107. The second kappa shape index (κ2) is 4.03. The van der Waals surface area contributed by atoms with E-state index in [1.807, 2.05) is 0 Å². The van der Waals surface area contributed by atoms with Crippen LogP contribution in [0.5, 0.6) is 0 Å². The van der Waals surface area contributed by atoms with E-state index in [1.54, 1.807) is 0 Å². The van der Waals surface area contributed by atoms with Gasteiger partial charge in [-0.3, -0.25) is 9.78 Å². The Morgan fingerprint density at radius 3 is 2.31 bits per heavy atom. The summed E-state index contributed by atoms with van der Waals surface area (Å²) >= 11 is 0. The van der Waals surface area contributed by atoms with E-state index in [0.29, 0.717) is 6.20 Å². The van der Waals surface area contributed by atoms with E-state index >= 15 is 0 Å². The summed E-state index contributed by atoms with van der Waals surface area (Å²) in [7, 11) is 0. The van der Waals surface area contributed by atoms with Gasteiger partial charge in [-0.05, 0) is 0 Å². The molecule has 0 saturated heterocycles. The molecule has 88 valence electrons. The average molecular weight is 240 g/mol. The fourth-order valence-corrected chi connectivity index (χ4v) is 1.18. The van der Waals surface area contributed by atoms with Crippen molar-refractivity contribution < 1.29 is 26.7 Å². The molecular formula is C8H5F5N2O. The van der Waals surface area contributed by atoms with Gasteiger partial charge in [0.15, 0.2) is 6.29 Å². The molecule has 0 aliphatic rings. The lowest BCUT2D eigenvalue weighted by molar-refractivity contribution is -0.140. The molecule has 0 fully saturated rings. The van der Waals surface area contributed by atoms with Crippen LogP contribution in [0, 0.1) is 0 Å². The number of nitrogens with zero attached hydrogens (tertiary/aromatic N) is 1. The van der Waals surface area contributed by atoms with Gasteiger partial charge in [-0.25, -0.2) is 8.78 Å². The molecule has 0 atom stereocenters. The predicted octanol–water partition coefficient (Wildman–Crippen LogP) is 2.43. The van der Waals surface area contributed by atoms with Crippen LogP contribution in [0.15, 0.2) is 6.20 Å². The van der Waals surface area contributed by atoms with Gasteiger partial charge in [0.2, 0.25) is 0 Å². The van der Waals surface area contributed by atoms with Gasteiger partial charge >= 0.3 is 6.18 Å². The monoisotopic (exact) mass is 240 g/mol. The number of pyridine rings is 1. The number of alkyl halides is 5. The van der Waals surface area contributed by atoms with Gasteiger partial charge in [0.05, 0.1) is 23.0 Å². The summed E-state index contributed by atoms with van der Waals surface area (Å²) in [6, 6.07) is 0. The molecule has 0 bridgehead atoms. The second-order valence-electron chi connectivity index (χ2n) is 2.80. The molecule has 2 N–H and O–H groups in total. The van der Waals surface area contributed by atoms with E-state index in [4.69, 9.17) is 5.73 Å². The molecule has 0 radical (unpaired) electrons. The first-order valence-electron chi connectivity index (χ1n) is 3.88. The quantitative estimate of drug-likeness (QED) is 0.638. The number of aldehydes is 1. The first-order valence-corrected chi connectivity index (χ1v) is 3.88. The fraction of sp³-hybridized carbons (Fsp3) is 0.250. The number of hydrogen-bond acceptors (Lipinski definition) is 3. The van der Waals surface area contributed by atoms with Gasteiger partial charge in [0.1, 0.15) is 5.69 Å². The van der Waals surface area contributed by atoms with Crippen LogP contribution < -0.4 is 5.73 Å². The highest BCUT2D eigenvalue weighted by atomic mass is 19.4. The SMILES string of the molecule is Nc1cnc(C=O)c(C(F)(F)F)c1C(F)F. The maximum absolute atomic E-state index is 12.4. The van der Waals surface area contributed by atoms with Gasteiger partial charge < -0.3 is 5.73 Å². The van der Waals surface area contributed by atoms with Crippen LogP contribution in [0.2, 0.25) is 0 Å². The van der Waals surface area contributed by atoms with E-state index in [0.717, 1.165) is 0 Å². The normalized spacial score (nSPS) is 11.9. The van der Waals surface area contributed by atoms with E-state index < -0.39 is 35.1 Å². The molecule has 8 heteroatoms. The van der Waals surface area contributed by atoms with Crippen LogP contribution in [-0.2, 0) is 6.18 Å². The number of carbonyl (C=O) groups is 1. The van der Waals surface area contributed by atoms with Crippen molar-refractivity contribution in [3.05, 3.63) is 23.0 Å². The van der Waals surface area contributed by atoms with Gasteiger partial charge in [-0.15, -0.1) is 0 Å². The number of rotatable bonds is 2. The summed E-state index contributed by atoms with van der Waals surface area (Å²) in [4.78, 5) is 13.4. The molecule has 16 heavy (non-hydrogen) atoms. The molecule has 0 aromatic carbocycles. The fourth-order valence-electron chi connectivity index (χ4n) is 1.18. The van der Waals surface area contributed by atoms with E-state index in [2.05, 4.69) is 4.98 Å². The zero-order valence-electron chi connectivity index (χ0n) is 7.55. The van der Waals surface area contributed by atoms with Crippen molar-refractivity contribution in [1.82, 2.24) is 4.98 Å². The molecule has 0 spiro atoms. The number of carbonyl (C=O) groups excluding carboxylic acids is 1. The molecule has 0 unspecified atom stereocenters. The molecule has 0 amide bonds. The van der Waals surface area contributed by atoms with E-state index in [-0.39, 0.29) is 6.29 Å². The first kappa shape index (κ1) is 12.3. The molecule has 0 saturated carbocycles. The van der Waals surface area contributed by atoms with Gasteiger partial charge in [-0.1, -0.05) is 0 Å². The van der Waals surface area contributed by atoms with Crippen LogP contribution >= 0.6 is 0 Å². The Balaban J connectivity index is 3.62. The Labute approximate surface area is 86.1 Å². The highest BCUT2D eigenvalue weighted by molar-refractivity contribution is 5.77. The third kappa shape index (κ3) is 2.10. The van der Waals surface area contributed by atoms with Crippen molar-refractivity contribution >= 4 is 12.0 Å². The van der Waals surface area contributed by atoms with Crippen LogP contribution in [-0.4, -0.2) is 11.3 Å². The van der Waals surface area contributed by atoms with Crippen molar-refractivity contribution in [1.29, 1.82) is 0 Å². The maximum atomic E-state index is 12.4. The summed E-state index contributed by atoms with van der Waals surface area (Å²) in [5, 5.41) is 0. The Morgan fingerprint density at radius 1 is 1.38 bits per heavy atom. The number of aromatic nitrogens is 1. The minimum atomic E-state index is -5.11. The number of hydrogen-bond donors (Lipinski definition) is 1.